The van der Waals surface area contributed by atoms with Crippen LogP contribution in [0.2, 0.25) is 0 Å². The van der Waals surface area contributed by atoms with Gasteiger partial charge in [-0.1, -0.05) is 22.9 Å². The van der Waals surface area contributed by atoms with E-state index in [0.717, 1.165) is 32.7 Å². The van der Waals surface area contributed by atoms with Crippen molar-refractivity contribution < 1.29 is 8.78 Å². The van der Waals surface area contributed by atoms with Crippen molar-refractivity contribution in [2.45, 2.75) is 13.5 Å². The quantitative estimate of drug-likeness (QED) is 0.845. The van der Waals surface area contributed by atoms with Crippen molar-refractivity contribution in [2.75, 3.05) is 32.7 Å². The molecule has 2 rings (SSSR count). The van der Waals surface area contributed by atoms with Crippen molar-refractivity contribution in [3.8, 4) is 0 Å². The second-order valence-electron chi connectivity index (χ2n) is 4.56. The van der Waals surface area contributed by atoms with Gasteiger partial charge < -0.3 is 4.90 Å². The smallest absolute Gasteiger partial charge is 0.131 e. The Labute approximate surface area is 115 Å². The summed E-state index contributed by atoms with van der Waals surface area (Å²) >= 11 is 3.09. The molecule has 1 saturated heterocycles. The van der Waals surface area contributed by atoms with Gasteiger partial charge >= 0.3 is 0 Å². The van der Waals surface area contributed by atoms with Gasteiger partial charge in [-0.3, -0.25) is 4.90 Å². The highest BCUT2D eigenvalue weighted by atomic mass is 79.9. The number of benzene rings is 1. The molecular weight excluding hydrogens is 302 g/mol. The molecule has 0 unspecified atom stereocenters. The molecule has 100 valence electrons. The van der Waals surface area contributed by atoms with Crippen LogP contribution in [0.3, 0.4) is 0 Å². The molecular formula is C13H17BrF2N2. The van der Waals surface area contributed by atoms with Crippen LogP contribution in [0.5, 0.6) is 0 Å². The van der Waals surface area contributed by atoms with Gasteiger partial charge in [0.05, 0.1) is 0 Å². The fraction of sp³-hybridized carbons (Fsp3) is 0.538. The zero-order chi connectivity index (χ0) is 13.1. The molecule has 1 fully saturated rings. The van der Waals surface area contributed by atoms with E-state index in [9.17, 15) is 8.78 Å². The summed E-state index contributed by atoms with van der Waals surface area (Å²) in [7, 11) is 0. The Balaban J connectivity index is 2.02. The summed E-state index contributed by atoms with van der Waals surface area (Å²) < 4.78 is 27.8. The van der Waals surface area contributed by atoms with Gasteiger partial charge in [-0.15, -0.1) is 0 Å². The average molecular weight is 319 g/mol. The fourth-order valence-corrected chi connectivity index (χ4v) is 2.61. The number of piperazine rings is 1. The first-order chi connectivity index (χ1) is 8.60. The molecule has 0 aromatic heterocycles. The molecule has 1 aliphatic heterocycles. The first-order valence-electron chi connectivity index (χ1n) is 6.18. The Morgan fingerprint density at radius 3 is 2.06 bits per heavy atom. The minimum atomic E-state index is -0.472. The van der Waals surface area contributed by atoms with E-state index in [1.165, 1.54) is 12.1 Å². The van der Waals surface area contributed by atoms with Crippen LogP contribution in [0, 0.1) is 11.6 Å². The third-order valence-corrected chi connectivity index (χ3v) is 3.86. The molecule has 0 bridgehead atoms. The second kappa shape index (κ2) is 6.08. The van der Waals surface area contributed by atoms with Gasteiger partial charge in [0.15, 0.2) is 0 Å². The van der Waals surface area contributed by atoms with Crippen LogP contribution in [-0.2, 0) is 6.54 Å². The summed E-state index contributed by atoms with van der Waals surface area (Å²) in [6, 6.07) is 2.64. The molecule has 0 atom stereocenters. The molecule has 1 aromatic rings. The lowest BCUT2D eigenvalue weighted by Crippen LogP contribution is -2.45. The zero-order valence-corrected chi connectivity index (χ0v) is 12.0. The first kappa shape index (κ1) is 13.9. The summed E-state index contributed by atoms with van der Waals surface area (Å²) in [5.74, 6) is -0.945. The van der Waals surface area contributed by atoms with Crippen LogP contribution in [0.1, 0.15) is 12.5 Å². The predicted molar refractivity (Wildman–Crippen MR) is 71.4 cm³/mol. The minimum absolute atomic E-state index is 0.170. The van der Waals surface area contributed by atoms with Crippen molar-refractivity contribution in [1.29, 1.82) is 0 Å². The minimum Gasteiger partial charge on any atom is -0.301 e. The lowest BCUT2D eigenvalue weighted by atomic mass is 10.1. The molecule has 1 heterocycles. The molecule has 0 radical (unpaired) electrons. The number of rotatable bonds is 3. The Bertz CT molecular complexity index is 394. The summed E-state index contributed by atoms with van der Waals surface area (Å²) in [5, 5.41) is 0. The van der Waals surface area contributed by atoms with E-state index in [1.807, 2.05) is 0 Å². The highest BCUT2D eigenvalue weighted by Crippen LogP contribution is 2.21. The third-order valence-electron chi connectivity index (χ3n) is 3.40. The molecule has 5 heteroatoms. The lowest BCUT2D eigenvalue weighted by Gasteiger charge is -2.34. The summed E-state index contributed by atoms with van der Waals surface area (Å²) in [6.45, 7) is 7.18. The van der Waals surface area contributed by atoms with Crippen molar-refractivity contribution in [2.24, 2.45) is 0 Å². The Morgan fingerprint density at radius 2 is 1.56 bits per heavy atom. The average Bonchev–Trinajstić information content (AvgIpc) is 2.34. The van der Waals surface area contributed by atoms with Crippen molar-refractivity contribution >= 4 is 15.9 Å². The van der Waals surface area contributed by atoms with Gasteiger partial charge in [0, 0.05) is 42.8 Å². The van der Waals surface area contributed by atoms with Gasteiger partial charge in [-0.2, -0.15) is 0 Å². The zero-order valence-electron chi connectivity index (χ0n) is 10.4. The maximum absolute atomic E-state index is 13.7. The van der Waals surface area contributed by atoms with Crippen LogP contribution < -0.4 is 0 Å². The predicted octanol–water partition coefficient (Wildman–Crippen LogP) is 2.86. The molecule has 18 heavy (non-hydrogen) atoms. The van der Waals surface area contributed by atoms with E-state index in [4.69, 9.17) is 0 Å². The highest BCUT2D eigenvalue weighted by molar-refractivity contribution is 9.10. The largest absolute Gasteiger partial charge is 0.301 e. The number of hydrogen-bond donors (Lipinski definition) is 0. The lowest BCUT2D eigenvalue weighted by molar-refractivity contribution is 0.129. The summed E-state index contributed by atoms with van der Waals surface area (Å²) in [6.07, 6.45) is 0. The Hall–Kier alpha value is -0.520. The van der Waals surface area contributed by atoms with E-state index in [2.05, 4.69) is 32.7 Å². The van der Waals surface area contributed by atoms with E-state index in [-0.39, 0.29) is 5.56 Å². The molecule has 1 aliphatic rings. The fourth-order valence-electron chi connectivity index (χ4n) is 2.21. The van der Waals surface area contributed by atoms with E-state index in [0.29, 0.717) is 11.0 Å². The normalized spacial score (nSPS) is 18.2. The summed E-state index contributed by atoms with van der Waals surface area (Å²) in [4.78, 5) is 4.44. The molecule has 0 aliphatic carbocycles. The molecule has 0 saturated carbocycles. The number of nitrogens with zero attached hydrogens (tertiary/aromatic N) is 2. The molecule has 2 nitrogen and oxygen atoms in total. The van der Waals surface area contributed by atoms with Crippen molar-refractivity contribution in [3.05, 3.63) is 33.8 Å². The van der Waals surface area contributed by atoms with E-state index < -0.39 is 11.6 Å². The van der Waals surface area contributed by atoms with E-state index >= 15 is 0 Å². The Morgan fingerprint density at radius 1 is 1.06 bits per heavy atom. The Kier molecular flexibility index (Phi) is 4.70. The molecule has 1 aromatic carbocycles. The van der Waals surface area contributed by atoms with Gasteiger partial charge in [-0.05, 0) is 18.7 Å². The third kappa shape index (κ3) is 3.28. The van der Waals surface area contributed by atoms with Crippen molar-refractivity contribution in [3.63, 3.8) is 0 Å². The second-order valence-corrected chi connectivity index (χ2v) is 5.47. The SMILES string of the molecule is CCN1CCN(Cc2c(F)cc(Br)cc2F)CC1. The maximum Gasteiger partial charge on any atom is 0.131 e. The van der Waals surface area contributed by atoms with Crippen LogP contribution in [-0.4, -0.2) is 42.5 Å². The van der Waals surface area contributed by atoms with Gasteiger partial charge in [-0.25, -0.2) is 8.78 Å². The monoisotopic (exact) mass is 318 g/mol. The van der Waals surface area contributed by atoms with Gasteiger partial charge in [0.2, 0.25) is 0 Å². The van der Waals surface area contributed by atoms with E-state index in [1.54, 1.807) is 0 Å². The molecule has 0 N–H and O–H groups in total. The number of likely N-dealkylation sites (N-methyl/N-ethyl adjacent to an activating group) is 1. The van der Waals surface area contributed by atoms with Crippen LogP contribution >= 0.6 is 15.9 Å². The molecule has 0 spiro atoms. The van der Waals surface area contributed by atoms with Gasteiger partial charge in [0.25, 0.3) is 0 Å². The van der Waals surface area contributed by atoms with Crippen LogP contribution in [0.15, 0.2) is 16.6 Å². The number of halogens is 3. The maximum atomic E-state index is 13.7. The molecule has 0 amide bonds. The topological polar surface area (TPSA) is 6.48 Å². The van der Waals surface area contributed by atoms with Gasteiger partial charge in [0.1, 0.15) is 11.6 Å². The van der Waals surface area contributed by atoms with Crippen molar-refractivity contribution in [1.82, 2.24) is 9.80 Å². The van der Waals surface area contributed by atoms with Crippen LogP contribution in [0.4, 0.5) is 8.78 Å². The highest BCUT2D eigenvalue weighted by Gasteiger charge is 2.19. The first-order valence-corrected chi connectivity index (χ1v) is 6.97. The van der Waals surface area contributed by atoms with Crippen LogP contribution in [0.25, 0.3) is 0 Å². The standard InChI is InChI=1S/C13H17BrF2N2/c1-2-17-3-5-18(6-4-17)9-11-12(15)7-10(14)8-13(11)16/h7-8H,2-6,9H2,1H3. The summed E-state index contributed by atoms with van der Waals surface area (Å²) in [5.41, 5.74) is 0.170. The number of hydrogen-bond acceptors (Lipinski definition) is 2.